The Morgan fingerprint density at radius 3 is 2.69 bits per heavy atom. The van der Waals surface area contributed by atoms with Gasteiger partial charge < -0.3 is 14.5 Å². The molecule has 8 heteroatoms. The maximum atomic E-state index is 13.2. The average Bonchev–Trinajstić information content (AvgIpc) is 3.10. The van der Waals surface area contributed by atoms with E-state index in [0.717, 1.165) is 23.1 Å². The zero-order valence-electron chi connectivity index (χ0n) is 14.1. The van der Waals surface area contributed by atoms with Crippen LogP contribution in [0, 0.1) is 5.82 Å². The summed E-state index contributed by atoms with van der Waals surface area (Å²) >= 11 is 1.13. The Morgan fingerprint density at radius 2 is 2.00 bits per heavy atom. The van der Waals surface area contributed by atoms with Gasteiger partial charge in [0.2, 0.25) is 11.8 Å². The van der Waals surface area contributed by atoms with Gasteiger partial charge in [0.05, 0.1) is 12.4 Å². The number of nitrogens with one attached hydrogen (secondary N) is 1. The van der Waals surface area contributed by atoms with Gasteiger partial charge in [-0.05, 0) is 49.4 Å². The van der Waals surface area contributed by atoms with Gasteiger partial charge in [-0.2, -0.15) is 0 Å². The molecule has 26 heavy (non-hydrogen) atoms. The maximum Gasteiger partial charge on any atom is 0.277 e. The van der Waals surface area contributed by atoms with Crippen LogP contribution in [0.15, 0.2) is 58.2 Å². The first kappa shape index (κ1) is 17.9. The Balaban J connectivity index is 1.63. The molecule has 1 aromatic heterocycles. The number of aromatic nitrogens is 2. The first-order chi connectivity index (χ1) is 12.5. The minimum absolute atomic E-state index is 0.276. The lowest BCUT2D eigenvalue weighted by molar-refractivity contribution is -0.115. The van der Waals surface area contributed by atoms with Crippen molar-refractivity contribution in [2.24, 2.45) is 0 Å². The molecular formula is C18H16FN3O3S. The van der Waals surface area contributed by atoms with E-state index in [1.165, 1.54) is 18.2 Å². The molecule has 134 valence electrons. The summed E-state index contributed by atoms with van der Waals surface area (Å²) < 4.78 is 23.9. The second-order valence-corrected chi connectivity index (χ2v) is 6.65. The van der Waals surface area contributed by atoms with E-state index >= 15 is 0 Å². The van der Waals surface area contributed by atoms with Crippen LogP contribution in [0.3, 0.4) is 0 Å². The first-order valence-corrected chi connectivity index (χ1v) is 8.64. The van der Waals surface area contributed by atoms with Crippen molar-refractivity contribution in [2.45, 2.75) is 17.4 Å². The molecule has 0 fully saturated rings. The monoisotopic (exact) mass is 373 g/mol. The van der Waals surface area contributed by atoms with Crippen LogP contribution in [0.25, 0.3) is 11.5 Å². The molecule has 0 aliphatic heterocycles. The largest absolute Gasteiger partial charge is 0.497 e. The summed E-state index contributed by atoms with van der Waals surface area (Å²) in [6, 6.07) is 12.9. The van der Waals surface area contributed by atoms with E-state index in [0.29, 0.717) is 11.6 Å². The highest BCUT2D eigenvalue weighted by Crippen LogP contribution is 2.27. The number of nitrogens with zero attached hydrogens (tertiary/aromatic N) is 2. The van der Waals surface area contributed by atoms with Crippen molar-refractivity contribution in [1.82, 2.24) is 10.2 Å². The molecule has 6 nitrogen and oxygen atoms in total. The van der Waals surface area contributed by atoms with E-state index in [1.54, 1.807) is 44.4 Å². The molecule has 3 rings (SSSR count). The van der Waals surface area contributed by atoms with Crippen LogP contribution >= 0.6 is 11.8 Å². The van der Waals surface area contributed by atoms with Gasteiger partial charge in [-0.1, -0.05) is 17.8 Å². The van der Waals surface area contributed by atoms with Crippen molar-refractivity contribution >= 4 is 23.4 Å². The zero-order chi connectivity index (χ0) is 18.5. The van der Waals surface area contributed by atoms with E-state index in [2.05, 4.69) is 15.5 Å². The van der Waals surface area contributed by atoms with Crippen molar-refractivity contribution < 1.29 is 18.3 Å². The number of halogens is 1. The standard InChI is InChI=1S/C18H16FN3O3S/c1-11(16(23)20-14-5-3-4-13(19)10-14)26-18-22-21-17(25-18)12-6-8-15(24-2)9-7-12/h3-11H,1-2H3,(H,20,23). The number of carbonyl (C=O) groups excluding carboxylic acids is 1. The van der Waals surface area contributed by atoms with Crippen LogP contribution in [-0.4, -0.2) is 28.5 Å². The Labute approximate surface area is 153 Å². The molecule has 1 amide bonds. The topological polar surface area (TPSA) is 77.2 Å². The van der Waals surface area contributed by atoms with Gasteiger partial charge in [-0.25, -0.2) is 4.39 Å². The van der Waals surface area contributed by atoms with Gasteiger partial charge >= 0.3 is 0 Å². The summed E-state index contributed by atoms with van der Waals surface area (Å²) in [4.78, 5) is 12.2. The van der Waals surface area contributed by atoms with E-state index in [1.807, 2.05) is 0 Å². The van der Waals surface area contributed by atoms with Crippen LogP contribution in [0.2, 0.25) is 0 Å². The van der Waals surface area contributed by atoms with Crippen molar-refractivity contribution in [2.75, 3.05) is 12.4 Å². The van der Waals surface area contributed by atoms with E-state index in [9.17, 15) is 9.18 Å². The molecule has 0 saturated heterocycles. The fourth-order valence-corrected chi connectivity index (χ4v) is 2.81. The molecule has 3 aromatic rings. The number of rotatable bonds is 6. The summed E-state index contributed by atoms with van der Waals surface area (Å²) in [5.74, 6) is 0.382. The molecule has 0 bridgehead atoms. The highest BCUT2D eigenvalue weighted by atomic mass is 32.2. The van der Waals surface area contributed by atoms with Crippen LogP contribution in [0.1, 0.15) is 6.92 Å². The highest BCUT2D eigenvalue weighted by Gasteiger charge is 2.19. The van der Waals surface area contributed by atoms with Crippen LogP contribution < -0.4 is 10.1 Å². The second kappa shape index (κ2) is 8.01. The van der Waals surface area contributed by atoms with Crippen LogP contribution in [0.4, 0.5) is 10.1 Å². The quantitative estimate of drug-likeness (QED) is 0.658. The maximum absolute atomic E-state index is 13.2. The number of hydrogen-bond acceptors (Lipinski definition) is 6. The Hall–Kier alpha value is -2.87. The Kier molecular flexibility index (Phi) is 5.52. The summed E-state index contributed by atoms with van der Waals surface area (Å²) in [5, 5.41) is 10.4. The van der Waals surface area contributed by atoms with Gasteiger partial charge in [-0.3, -0.25) is 4.79 Å². The van der Waals surface area contributed by atoms with Crippen molar-refractivity contribution in [1.29, 1.82) is 0 Å². The predicted octanol–water partition coefficient (Wildman–Crippen LogP) is 4.00. The molecule has 0 spiro atoms. The fraction of sp³-hybridized carbons (Fsp3) is 0.167. The number of amides is 1. The first-order valence-electron chi connectivity index (χ1n) is 7.76. The predicted molar refractivity (Wildman–Crippen MR) is 96.6 cm³/mol. The van der Waals surface area contributed by atoms with Crippen molar-refractivity contribution in [3.05, 3.63) is 54.3 Å². The highest BCUT2D eigenvalue weighted by molar-refractivity contribution is 8.00. The molecule has 1 heterocycles. The molecule has 0 radical (unpaired) electrons. The van der Waals surface area contributed by atoms with Gasteiger partial charge in [-0.15, -0.1) is 10.2 Å². The molecule has 2 aromatic carbocycles. The third-order valence-electron chi connectivity index (χ3n) is 3.48. The number of benzene rings is 2. The van der Waals surface area contributed by atoms with Gasteiger partial charge in [0, 0.05) is 11.3 Å². The third-order valence-corrected chi connectivity index (χ3v) is 4.42. The molecule has 1 N–H and O–H groups in total. The number of anilines is 1. The van der Waals surface area contributed by atoms with Crippen LogP contribution in [-0.2, 0) is 4.79 Å². The molecular weight excluding hydrogens is 357 g/mol. The van der Waals surface area contributed by atoms with Crippen molar-refractivity contribution in [3.8, 4) is 17.2 Å². The minimum atomic E-state index is -0.498. The number of thioether (sulfide) groups is 1. The summed E-state index contributed by atoms with van der Waals surface area (Å²) in [6.07, 6.45) is 0. The Morgan fingerprint density at radius 1 is 1.23 bits per heavy atom. The second-order valence-electron chi connectivity index (χ2n) is 5.36. The number of ether oxygens (including phenoxy) is 1. The number of hydrogen-bond donors (Lipinski definition) is 1. The van der Waals surface area contributed by atoms with Crippen LogP contribution in [0.5, 0.6) is 5.75 Å². The summed E-state index contributed by atoms with van der Waals surface area (Å²) in [5.41, 5.74) is 1.15. The van der Waals surface area contributed by atoms with Gasteiger partial charge in [0.15, 0.2) is 0 Å². The van der Waals surface area contributed by atoms with E-state index in [-0.39, 0.29) is 11.1 Å². The smallest absolute Gasteiger partial charge is 0.277 e. The Bertz CT molecular complexity index is 899. The minimum Gasteiger partial charge on any atom is -0.497 e. The van der Waals surface area contributed by atoms with Gasteiger partial charge in [0.25, 0.3) is 5.22 Å². The van der Waals surface area contributed by atoms with Gasteiger partial charge in [0.1, 0.15) is 11.6 Å². The summed E-state index contributed by atoms with van der Waals surface area (Å²) in [6.45, 7) is 1.70. The average molecular weight is 373 g/mol. The third kappa shape index (κ3) is 4.40. The fourth-order valence-electron chi connectivity index (χ4n) is 2.12. The number of carbonyl (C=O) groups is 1. The molecule has 0 aliphatic rings. The lowest BCUT2D eigenvalue weighted by Gasteiger charge is -2.09. The lowest BCUT2D eigenvalue weighted by atomic mass is 10.2. The lowest BCUT2D eigenvalue weighted by Crippen LogP contribution is -2.22. The van der Waals surface area contributed by atoms with E-state index in [4.69, 9.17) is 9.15 Å². The van der Waals surface area contributed by atoms with Crippen molar-refractivity contribution in [3.63, 3.8) is 0 Å². The van der Waals surface area contributed by atoms with E-state index < -0.39 is 11.1 Å². The molecule has 1 atom stereocenters. The summed E-state index contributed by atoms with van der Waals surface area (Å²) in [7, 11) is 1.59. The zero-order valence-corrected chi connectivity index (χ0v) is 14.9. The normalized spacial score (nSPS) is 11.8. The SMILES string of the molecule is COc1ccc(-c2nnc(SC(C)C(=O)Nc3cccc(F)c3)o2)cc1. The number of methoxy groups -OCH3 is 1. The molecule has 0 aliphatic carbocycles. The molecule has 0 saturated carbocycles. The molecule has 1 unspecified atom stereocenters.